The van der Waals surface area contributed by atoms with Crippen LogP contribution in [0.5, 0.6) is 0 Å². The van der Waals surface area contributed by atoms with Crippen LogP contribution >= 0.6 is 23.4 Å². The first-order valence-electron chi connectivity index (χ1n) is 10.4. The van der Waals surface area contributed by atoms with Crippen LogP contribution in [0.3, 0.4) is 0 Å². The zero-order chi connectivity index (χ0) is 22.9. The molecule has 162 valence electrons. The van der Waals surface area contributed by atoms with Gasteiger partial charge in [-0.3, -0.25) is 0 Å². The summed E-state index contributed by atoms with van der Waals surface area (Å²) in [5, 5.41) is 2.45. The fourth-order valence-electron chi connectivity index (χ4n) is 3.63. The van der Waals surface area contributed by atoms with Crippen molar-refractivity contribution in [3.63, 3.8) is 0 Å². The number of benzene rings is 3. The Hall–Kier alpha value is -3.41. The third kappa shape index (κ3) is 4.42. The van der Waals surface area contributed by atoms with E-state index in [1.807, 2.05) is 86.6 Å². The van der Waals surface area contributed by atoms with Crippen molar-refractivity contribution in [2.75, 3.05) is 0 Å². The van der Waals surface area contributed by atoms with Gasteiger partial charge in [-0.2, -0.15) is 0 Å². The van der Waals surface area contributed by atoms with Gasteiger partial charge in [-0.1, -0.05) is 59.8 Å². The second kappa shape index (κ2) is 8.85. The number of para-hydroxylation sites is 1. The Morgan fingerprint density at radius 1 is 0.939 bits per heavy atom. The lowest BCUT2D eigenvalue weighted by Gasteiger charge is -2.09. The molecule has 0 fully saturated rings. The quantitative estimate of drug-likeness (QED) is 0.238. The Morgan fingerprint density at radius 2 is 1.70 bits per heavy atom. The Morgan fingerprint density at radius 3 is 2.48 bits per heavy atom. The summed E-state index contributed by atoms with van der Waals surface area (Å²) in [6, 6.07) is 23.4. The van der Waals surface area contributed by atoms with Crippen molar-refractivity contribution in [1.82, 2.24) is 4.98 Å². The number of cyclic esters (lactones) is 1. The average Bonchev–Trinajstić information content (AvgIpc) is 3.16. The second-order valence-corrected chi connectivity index (χ2v) is 9.23. The van der Waals surface area contributed by atoms with Crippen LogP contribution in [0.4, 0.5) is 0 Å². The molecule has 0 spiro atoms. The summed E-state index contributed by atoms with van der Waals surface area (Å²) >= 11 is 7.56. The zero-order valence-electron chi connectivity index (χ0n) is 18.0. The molecule has 0 unspecified atom stereocenters. The normalized spacial score (nSPS) is 14.6. The summed E-state index contributed by atoms with van der Waals surface area (Å²) in [4.78, 5) is 23.1. The molecule has 4 nitrogen and oxygen atoms in total. The molecular weight excluding hydrogens is 452 g/mol. The Bertz CT molecular complexity index is 1460. The molecule has 1 aromatic heterocycles. The van der Waals surface area contributed by atoms with E-state index in [1.165, 1.54) is 11.8 Å². The van der Waals surface area contributed by atoms with E-state index < -0.39 is 5.97 Å². The largest absolute Gasteiger partial charge is 0.402 e. The van der Waals surface area contributed by atoms with Gasteiger partial charge in [-0.25, -0.2) is 14.8 Å². The lowest BCUT2D eigenvalue weighted by atomic mass is 10.1. The molecule has 0 atom stereocenters. The molecule has 0 saturated carbocycles. The number of nitrogens with zero attached hydrogens (tertiary/aromatic N) is 2. The third-order valence-corrected chi connectivity index (χ3v) is 6.64. The monoisotopic (exact) mass is 470 g/mol. The molecule has 6 heteroatoms. The summed E-state index contributed by atoms with van der Waals surface area (Å²) in [5.74, 6) is -0.152. The number of halogens is 1. The van der Waals surface area contributed by atoms with Crippen molar-refractivity contribution in [3.05, 3.63) is 106 Å². The van der Waals surface area contributed by atoms with Crippen LogP contribution in [0.15, 0.2) is 93.4 Å². The lowest BCUT2D eigenvalue weighted by Crippen LogP contribution is -2.06. The molecule has 0 N–H and O–H groups in total. The van der Waals surface area contributed by atoms with Gasteiger partial charge in [0.2, 0.25) is 5.90 Å². The molecule has 5 rings (SSSR count). The number of aliphatic imine (C=N–C) groups is 1. The maximum absolute atomic E-state index is 12.7. The van der Waals surface area contributed by atoms with Crippen LogP contribution in [0.1, 0.15) is 22.3 Å². The number of carbonyl (C=O) groups is 1. The number of rotatable bonds is 4. The molecule has 2 heterocycles. The summed E-state index contributed by atoms with van der Waals surface area (Å²) in [5.41, 5.74) is 4.86. The van der Waals surface area contributed by atoms with Crippen LogP contribution < -0.4 is 0 Å². The molecule has 0 radical (unpaired) electrons. The van der Waals surface area contributed by atoms with Gasteiger partial charge in [0.1, 0.15) is 5.03 Å². The van der Waals surface area contributed by atoms with Crippen LogP contribution in [0.25, 0.3) is 17.0 Å². The van der Waals surface area contributed by atoms with Gasteiger partial charge in [-0.15, -0.1) is 0 Å². The zero-order valence-corrected chi connectivity index (χ0v) is 19.6. The number of esters is 1. The van der Waals surface area contributed by atoms with Crippen molar-refractivity contribution in [1.29, 1.82) is 0 Å². The van der Waals surface area contributed by atoms with E-state index in [2.05, 4.69) is 4.99 Å². The van der Waals surface area contributed by atoms with Gasteiger partial charge in [0, 0.05) is 26.4 Å². The highest BCUT2D eigenvalue weighted by Crippen LogP contribution is 2.34. The fourth-order valence-corrected chi connectivity index (χ4v) is 4.62. The number of fused-ring (bicyclic) bond motifs is 1. The Labute approximate surface area is 201 Å². The van der Waals surface area contributed by atoms with Crippen molar-refractivity contribution >= 4 is 52.2 Å². The highest BCUT2D eigenvalue weighted by Gasteiger charge is 2.25. The van der Waals surface area contributed by atoms with Crippen molar-refractivity contribution in [2.45, 2.75) is 23.8 Å². The molecule has 1 aliphatic heterocycles. The number of carbonyl (C=O) groups excluding carboxylic acids is 1. The van der Waals surface area contributed by atoms with Gasteiger partial charge in [-0.05, 0) is 67.4 Å². The molecule has 1 aliphatic rings. The predicted molar refractivity (Wildman–Crippen MR) is 134 cm³/mol. The highest BCUT2D eigenvalue weighted by molar-refractivity contribution is 7.99. The van der Waals surface area contributed by atoms with E-state index in [9.17, 15) is 4.79 Å². The van der Waals surface area contributed by atoms with E-state index in [1.54, 1.807) is 6.08 Å². The average molecular weight is 471 g/mol. The maximum Gasteiger partial charge on any atom is 0.363 e. The molecule has 3 aromatic carbocycles. The lowest BCUT2D eigenvalue weighted by molar-refractivity contribution is -0.129. The molecule has 0 aliphatic carbocycles. The fraction of sp³-hybridized carbons (Fsp3) is 0.0741. The summed E-state index contributed by atoms with van der Waals surface area (Å²) in [7, 11) is 0. The smallest absolute Gasteiger partial charge is 0.363 e. The van der Waals surface area contributed by atoms with Gasteiger partial charge in [0.05, 0.1) is 5.52 Å². The number of hydrogen-bond donors (Lipinski definition) is 0. The first kappa shape index (κ1) is 21.4. The second-order valence-electron chi connectivity index (χ2n) is 7.74. The number of hydrogen-bond acceptors (Lipinski definition) is 5. The van der Waals surface area contributed by atoms with E-state index in [0.29, 0.717) is 10.9 Å². The Balaban J connectivity index is 1.61. The molecule has 4 aromatic rings. The minimum Gasteiger partial charge on any atom is -0.402 e. The van der Waals surface area contributed by atoms with Crippen LogP contribution in [0, 0.1) is 13.8 Å². The Kier molecular flexibility index (Phi) is 5.75. The number of pyridine rings is 1. The first-order chi connectivity index (χ1) is 16.0. The minimum absolute atomic E-state index is 0.250. The van der Waals surface area contributed by atoms with E-state index in [4.69, 9.17) is 21.3 Å². The molecule has 0 bridgehead atoms. The van der Waals surface area contributed by atoms with Crippen molar-refractivity contribution in [2.24, 2.45) is 4.99 Å². The van der Waals surface area contributed by atoms with Gasteiger partial charge >= 0.3 is 5.97 Å². The molecular formula is C27H19ClN2O2S. The van der Waals surface area contributed by atoms with Crippen LogP contribution in [-0.4, -0.2) is 16.9 Å². The van der Waals surface area contributed by atoms with Crippen molar-refractivity contribution < 1.29 is 9.53 Å². The van der Waals surface area contributed by atoms with Crippen molar-refractivity contribution in [3.8, 4) is 0 Å². The standard InChI is InChI=1S/C27H19ClN2O2S/c1-16-6-3-4-9-22(16)25-29-23(27(31)32-25)15-19-14-18-8-5-7-17(2)24(18)30-26(19)33-21-12-10-20(28)11-13-21/h3-15H,1-2H3. The molecule has 33 heavy (non-hydrogen) atoms. The summed E-state index contributed by atoms with van der Waals surface area (Å²) < 4.78 is 5.49. The third-order valence-electron chi connectivity index (χ3n) is 5.36. The number of aromatic nitrogens is 1. The number of aryl methyl sites for hydroxylation is 2. The number of ether oxygens (including phenoxy) is 1. The molecule has 0 amide bonds. The van der Waals surface area contributed by atoms with E-state index in [0.717, 1.165) is 43.1 Å². The SMILES string of the molecule is Cc1ccccc1C1=NC(=Cc2cc3cccc(C)c3nc2Sc2ccc(Cl)cc2)C(=O)O1. The topological polar surface area (TPSA) is 51.5 Å². The van der Waals surface area contributed by atoms with Gasteiger partial charge < -0.3 is 4.74 Å². The summed E-state index contributed by atoms with van der Waals surface area (Å²) in [6.45, 7) is 4.00. The predicted octanol–water partition coefficient (Wildman–Crippen LogP) is 7.00. The molecule has 0 saturated heterocycles. The minimum atomic E-state index is -0.472. The highest BCUT2D eigenvalue weighted by atomic mass is 35.5. The van der Waals surface area contributed by atoms with E-state index >= 15 is 0 Å². The van der Waals surface area contributed by atoms with Gasteiger partial charge in [0.25, 0.3) is 0 Å². The van der Waals surface area contributed by atoms with Crippen LogP contribution in [-0.2, 0) is 9.53 Å². The van der Waals surface area contributed by atoms with E-state index in [-0.39, 0.29) is 5.70 Å². The summed E-state index contributed by atoms with van der Waals surface area (Å²) in [6.07, 6.45) is 1.75. The van der Waals surface area contributed by atoms with Crippen LogP contribution in [0.2, 0.25) is 5.02 Å². The maximum atomic E-state index is 12.7. The van der Waals surface area contributed by atoms with Gasteiger partial charge in [0.15, 0.2) is 5.70 Å². The first-order valence-corrected chi connectivity index (χ1v) is 11.6.